The molecule has 7 heteroatoms. The number of aromatic amines is 1. The van der Waals surface area contributed by atoms with Gasteiger partial charge in [0.25, 0.3) is 0 Å². The largest absolute Gasteiger partial charge is 0.382 e. The molecule has 1 aliphatic carbocycles. The van der Waals surface area contributed by atoms with E-state index < -0.39 is 0 Å². The van der Waals surface area contributed by atoms with Crippen molar-refractivity contribution in [3.05, 3.63) is 42.0 Å². The van der Waals surface area contributed by atoms with Crippen molar-refractivity contribution in [2.45, 2.75) is 51.9 Å². The zero-order valence-corrected chi connectivity index (χ0v) is 17.4. The van der Waals surface area contributed by atoms with Crippen molar-refractivity contribution in [3.63, 3.8) is 0 Å². The van der Waals surface area contributed by atoms with Gasteiger partial charge in [0.15, 0.2) is 5.82 Å². The van der Waals surface area contributed by atoms with Crippen LogP contribution in [-0.2, 0) is 4.79 Å². The van der Waals surface area contributed by atoms with Crippen LogP contribution < -0.4 is 5.73 Å². The highest BCUT2D eigenvalue weighted by atomic mass is 16.1. The van der Waals surface area contributed by atoms with E-state index in [0.29, 0.717) is 18.0 Å². The standard InChI is InChI=1S/C23H26N6O/c1-3-18(30)14-7-9-15(10-8-14)23-28-20(21-22(24)25-12-26-29(21)23)17-11-16-6-4-5-13(2)19(16)27-17/h4-6,11-12,14-15,27H,3,7-10H2,1-2H3,(H2,24,25,26). The van der Waals surface area contributed by atoms with Crippen molar-refractivity contribution in [3.8, 4) is 11.4 Å². The van der Waals surface area contributed by atoms with Crippen LogP contribution in [0.15, 0.2) is 30.6 Å². The Balaban J connectivity index is 1.59. The Bertz CT molecular complexity index is 1250. The van der Waals surface area contributed by atoms with E-state index in [2.05, 4.69) is 46.3 Å². The molecular formula is C23H26N6O. The maximum absolute atomic E-state index is 12.1. The molecule has 3 N–H and O–H groups in total. The minimum absolute atomic E-state index is 0.188. The number of hydrogen-bond acceptors (Lipinski definition) is 5. The molecule has 3 heterocycles. The van der Waals surface area contributed by atoms with E-state index in [1.165, 1.54) is 11.9 Å². The Morgan fingerprint density at radius 1 is 1.27 bits per heavy atom. The molecule has 4 aromatic rings. The fourth-order valence-electron chi connectivity index (χ4n) is 4.83. The second-order valence-electron chi connectivity index (χ2n) is 8.31. The molecule has 3 aromatic heterocycles. The number of carbonyl (C=O) groups excluding carboxylic acids is 1. The van der Waals surface area contributed by atoms with Crippen molar-refractivity contribution in [2.24, 2.45) is 5.92 Å². The number of para-hydroxylation sites is 1. The fraction of sp³-hybridized carbons (Fsp3) is 0.391. The summed E-state index contributed by atoms with van der Waals surface area (Å²) in [4.78, 5) is 24.9. The van der Waals surface area contributed by atoms with E-state index in [0.717, 1.165) is 59.3 Å². The number of carbonyl (C=O) groups is 1. The molecule has 0 atom stereocenters. The van der Waals surface area contributed by atoms with Crippen LogP contribution in [0.25, 0.3) is 27.8 Å². The third-order valence-electron chi connectivity index (χ3n) is 6.50. The molecule has 0 radical (unpaired) electrons. The van der Waals surface area contributed by atoms with Crippen molar-refractivity contribution >= 4 is 28.0 Å². The first kappa shape index (κ1) is 18.8. The molecule has 1 saturated carbocycles. The topological polar surface area (TPSA) is 102 Å². The van der Waals surface area contributed by atoms with Crippen molar-refractivity contribution in [1.29, 1.82) is 0 Å². The highest BCUT2D eigenvalue weighted by Crippen LogP contribution is 2.39. The van der Waals surface area contributed by atoms with Crippen LogP contribution in [0.4, 0.5) is 5.82 Å². The lowest BCUT2D eigenvalue weighted by Crippen LogP contribution is -2.21. The maximum atomic E-state index is 12.1. The van der Waals surface area contributed by atoms with Crippen LogP contribution in [-0.4, -0.2) is 30.3 Å². The predicted molar refractivity (Wildman–Crippen MR) is 117 cm³/mol. The average Bonchev–Trinajstić information content (AvgIpc) is 3.37. The van der Waals surface area contributed by atoms with Crippen molar-refractivity contribution < 1.29 is 4.79 Å². The number of nitrogens with zero attached hydrogens (tertiary/aromatic N) is 4. The number of rotatable bonds is 4. The number of ketones is 1. The molecule has 154 valence electrons. The number of aromatic nitrogens is 5. The zero-order valence-electron chi connectivity index (χ0n) is 17.4. The van der Waals surface area contributed by atoms with E-state index >= 15 is 0 Å². The molecule has 0 bridgehead atoms. The third kappa shape index (κ3) is 2.96. The Kier molecular flexibility index (Phi) is 4.53. The summed E-state index contributed by atoms with van der Waals surface area (Å²) >= 11 is 0. The molecule has 0 saturated heterocycles. The summed E-state index contributed by atoms with van der Waals surface area (Å²) in [5.41, 5.74) is 11.0. The lowest BCUT2D eigenvalue weighted by molar-refractivity contribution is -0.123. The van der Waals surface area contributed by atoms with Gasteiger partial charge in [0.05, 0.1) is 5.69 Å². The number of hydrogen-bond donors (Lipinski definition) is 2. The fourth-order valence-corrected chi connectivity index (χ4v) is 4.83. The molecular weight excluding hydrogens is 376 g/mol. The smallest absolute Gasteiger partial charge is 0.153 e. The molecule has 1 aliphatic rings. The molecule has 0 aliphatic heterocycles. The summed E-state index contributed by atoms with van der Waals surface area (Å²) in [6, 6.07) is 8.34. The van der Waals surface area contributed by atoms with Gasteiger partial charge in [-0.15, -0.1) is 0 Å². The van der Waals surface area contributed by atoms with Gasteiger partial charge >= 0.3 is 0 Å². The monoisotopic (exact) mass is 402 g/mol. The van der Waals surface area contributed by atoms with Crippen LogP contribution >= 0.6 is 0 Å². The van der Waals surface area contributed by atoms with Crippen LogP contribution in [0, 0.1) is 12.8 Å². The number of aryl methyl sites for hydroxylation is 1. The first-order chi connectivity index (χ1) is 14.6. The normalized spacial score (nSPS) is 19.5. The number of H-pyrrole nitrogens is 1. The highest BCUT2D eigenvalue weighted by Gasteiger charge is 2.30. The lowest BCUT2D eigenvalue weighted by Gasteiger charge is -2.26. The Morgan fingerprint density at radius 3 is 2.80 bits per heavy atom. The van der Waals surface area contributed by atoms with Gasteiger partial charge in [-0.2, -0.15) is 5.10 Å². The zero-order chi connectivity index (χ0) is 20.8. The first-order valence-corrected chi connectivity index (χ1v) is 10.7. The minimum atomic E-state index is 0.188. The van der Waals surface area contributed by atoms with E-state index in [9.17, 15) is 4.79 Å². The van der Waals surface area contributed by atoms with E-state index in [1.807, 2.05) is 11.4 Å². The summed E-state index contributed by atoms with van der Waals surface area (Å²) in [5.74, 6) is 2.15. The molecule has 1 fully saturated rings. The van der Waals surface area contributed by atoms with Gasteiger partial charge in [0.1, 0.15) is 29.1 Å². The van der Waals surface area contributed by atoms with Gasteiger partial charge in [-0.25, -0.2) is 14.5 Å². The Morgan fingerprint density at radius 2 is 2.07 bits per heavy atom. The SMILES string of the molecule is CCC(=O)C1CCC(c2nc(-c3cc4cccc(C)c4[nH]3)c3c(N)ncnn23)CC1. The Hall–Kier alpha value is -3.22. The summed E-state index contributed by atoms with van der Waals surface area (Å²) < 4.78 is 1.85. The number of nitrogens with two attached hydrogens (primary N) is 1. The van der Waals surface area contributed by atoms with E-state index in [4.69, 9.17) is 10.7 Å². The van der Waals surface area contributed by atoms with Gasteiger partial charge in [0, 0.05) is 29.2 Å². The highest BCUT2D eigenvalue weighted by molar-refractivity contribution is 5.92. The van der Waals surface area contributed by atoms with Crippen molar-refractivity contribution in [2.75, 3.05) is 5.73 Å². The molecule has 0 unspecified atom stereocenters. The van der Waals surface area contributed by atoms with Gasteiger partial charge in [-0.3, -0.25) is 4.79 Å². The van der Waals surface area contributed by atoms with Gasteiger partial charge < -0.3 is 10.7 Å². The molecule has 5 rings (SSSR count). The quantitative estimate of drug-likeness (QED) is 0.526. The summed E-state index contributed by atoms with van der Waals surface area (Å²) in [6.45, 7) is 4.04. The van der Waals surface area contributed by atoms with E-state index in [1.54, 1.807) is 0 Å². The number of imidazole rings is 1. The number of anilines is 1. The number of nitrogens with one attached hydrogen (secondary N) is 1. The molecule has 7 nitrogen and oxygen atoms in total. The molecule has 0 amide bonds. The van der Waals surface area contributed by atoms with Crippen LogP contribution in [0.1, 0.15) is 56.3 Å². The Labute approximate surface area is 174 Å². The number of Topliss-reactive ketones (excluding diaryl/α,β-unsaturated/α-hetero) is 1. The van der Waals surface area contributed by atoms with Gasteiger partial charge in [-0.1, -0.05) is 25.1 Å². The summed E-state index contributed by atoms with van der Waals surface area (Å²) in [5, 5.41) is 5.63. The lowest BCUT2D eigenvalue weighted by atomic mass is 9.79. The second-order valence-corrected chi connectivity index (χ2v) is 8.31. The minimum Gasteiger partial charge on any atom is -0.382 e. The maximum Gasteiger partial charge on any atom is 0.153 e. The van der Waals surface area contributed by atoms with Crippen LogP contribution in [0.3, 0.4) is 0 Å². The number of nitrogen functional groups attached to an aromatic ring is 1. The average molecular weight is 403 g/mol. The third-order valence-corrected chi connectivity index (χ3v) is 6.50. The summed E-state index contributed by atoms with van der Waals surface area (Å²) in [6.07, 6.45) is 5.80. The number of benzene rings is 1. The van der Waals surface area contributed by atoms with Crippen LogP contribution in [0.2, 0.25) is 0 Å². The van der Waals surface area contributed by atoms with Crippen molar-refractivity contribution in [1.82, 2.24) is 24.6 Å². The molecule has 0 spiro atoms. The molecule has 30 heavy (non-hydrogen) atoms. The van der Waals surface area contributed by atoms with Gasteiger partial charge in [0.2, 0.25) is 0 Å². The van der Waals surface area contributed by atoms with Gasteiger partial charge in [-0.05, 0) is 44.2 Å². The molecule has 1 aromatic carbocycles. The van der Waals surface area contributed by atoms with E-state index in [-0.39, 0.29) is 11.8 Å². The predicted octanol–water partition coefficient (Wildman–Crippen LogP) is 4.42. The second kappa shape index (κ2) is 7.23. The summed E-state index contributed by atoms with van der Waals surface area (Å²) in [7, 11) is 0. The number of fused-ring (bicyclic) bond motifs is 2. The van der Waals surface area contributed by atoms with Crippen LogP contribution in [0.5, 0.6) is 0 Å². The first-order valence-electron chi connectivity index (χ1n) is 10.7.